The number of nitrogens with zero attached hydrogens (tertiary/aromatic N) is 2. The van der Waals surface area contributed by atoms with Gasteiger partial charge < -0.3 is 25.0 Å². The maximum absolute atomic E-state index is 12.8. The summed E-state index contributed by atoms with van der Waals surface area (Å²) in [6.07, 6.45) is 4.10. The van der Waals surface area contributed by atoms with Gasteiger partial charge in [0.2, 0.25) is 18.6 Å². The van der Waals surface area contributed by atoms with E-state index in [2.05, 4.69) is 10.6 Å². The summed E-state index contributed by atoms with van der Waals surface area (Å²) in [5.74, 6) is 0.377. The van der Waals surface area contributed by atoms with Gasteiger partial charge in [-0.15, -0.1) is 0 Å². The fraction of sp³-hybridized carbons (Fsp3) is 0.545. The Hall–Kier alpha value is -3.30. The van der Waals surface area contributed by atoms with Crippen molar-refractivity contribution in [3.63, 3.8) is 0 Å². The van der Waals surface area contributed by atoms with Gasteiger partial charge in [-0.3, -0.25) is 19.3 Å². The Labute approximate surface area is 185 Å². The number of anilines is 1. The molecule has 1 aromatic carbocycles. The van der Waals surface area contributed by atoms with Gasteiger partial charge in [0, 0.05) is 30.8 Å². The number of ether oxygens (including phenoxy) is 2. The summed E-state index contributed by atoms with van der Waals surface area (Å²) in [6, 6.07) is 4.77. The first-order chi connectivity index (χ1) is 15.4. The van der Waals surface area contributed by atoms with Gasteiger partial charge >= 0.3 is 6.03 Å². The number of piperidine rings is 1. The standard InChI is InChI=1S/C22H26N4O6/c27-18(12-26-20(29)22(24-21(26)30)7-1-2-8-22)25-9-5-14(6-10-25)19(28)23-15-3-4-16-17(11-15)32-13-31-16/h3-4,11,14H,1-2,5-10,12-13H2,(H,23,28)(H,24,30). The van der Waals surface area contributed by atoms with E-state index in [-0.39, 0.29) is 37.0 Å². The number of amides is 5. The van der Waals surface area contributed by atoms with Crippen molar-refractivity contribution in [3.05, 3.63) is 18.2 Å². The zero-order valence-electron chi connectivity index (χ0n) is 17.7. The zero-order valence-corrected chi connectivity index (χ0v) is 17.7. The summed E-state index contributed by atoms with van der Waals surface area (Å²) in [4.78, 5) is 53.1. The normalized spacial score (nSPS) is 21.9. The minimum Gasteiger partial charge on any atom is -0.454 e. The lowest BCUT2D eigenvalue weighted by molar-refractivity contribution is -0.140. The summed E-state index contributed by atoms with van der Waals surface area (Å²) in [5.41, 5.74) is -0.172. The van der Waals surface area contributed by atoms with Crippen molar-refractivity contribution in [2.75, 3.05) is 31.7 Å². The zero-order chi connectivity index (χ0) is 22.3. The van der Waals surface area contributed by atoms with Crippen molar-refractivity contribution in [2.24, 2.45) is 5.92 Å². The van der Waals surface area contributed by atoms with Gasteiger partial charge in [0.25, 0.3) is 5.91 Å². The lowest BCUT2D eigenvalue weighted by Gasteiger charge is -2.32. The van der Waals surface area contributed by atoms with Crippen LogP contribution in [0, 0.1) is 5.92 Å². The smallest absolute Gasteiger partial charge is 0.325 e. The average molecular weight is 442 g/mol. The number of hydrogen-bond donors (Lipinski definition) is 2. The molecule has 10 heteroatoms. The maximum Gasteiger partial charge on any atom is 0.325 e. The second-order valence-electron chi connectivity index (χ2n) is 8.82. The molecule has 2 saturated heterocycles. The van der Waals surface area contributed by atoms with Crippen LogP contribution < -0.4 is 20.1 Å². The highest BCUT2D eigenvalue weighted by atomic mass is 16.7. The van der Waals surface area contributed by atoms with Crippen LogP contribution in [0.15, 0.2) is 18.2 Å². The number of carbonyl (C=O) groups excluding carboxylic acids is 4. The molecule has 170 valence electrons. The highest BCUT2D eigenvalue weighted by molar-refractivity contribution is 6.09. The summed E-state index contributed by atoms with van der Waals surface area (Å²) in [6.45, 7) is 0.741. The van der Waals surface area contributed by atoms with Crippen molar-refractivity contribution in [3.8, 4) is 11.5 Å². The van der Waals surface area contributed by atoms with E-state index in [1.165, 1.54) is 0 Å². The maximum atomic E-state index is 12.8. The van der Waals surface area contributed by atoms with Crippen LogP contribution in [0.25, 0.3) is 0 Å². The first kappa shape index (κ1) is 20.6. The third-order valence-electron chi connectivity index (χ3n) is 6.85. The van der Waals surface area contributed by atoms with Gasteiger partial charge in [0.15, 0.2) is 11.5 Å². The Morgan fingerprint density at radius 1 is 1.09 bits per heavy atom. The molecule has 1 saturated carbocycles. The van der Waals surface area contributed by atoms with Gasteiger partial charge in [-0.25, -0.2) is 4.79 Å². The molecule has 3 fully saturated rings. The molecule has 0 aromatic heterocycles. The number of urea groups is 1. The molecule has 1 spiro atoms. The molecule has 3 heterocycles. The third kappa shape index (κ3) is 3.63. The van der Waals surface area contributed by atoms with Crippen molar-refractivity contribution >= 4 is 29.4 Å². The van der Waals surface area contributed by atoms with Crippen LogP contribution in [0.4, 0.5) is 10.5 Å². The lowest BCUT2D eigenvalue weighted by atomic mass is 9.95. The number of fused-ring (bicyclic) bond motifs is 1. The molecule has 3 aliphatic heterocycles. The predicted molar refractivity (Wildman–Crippen MR) is 112 cm³/mol. The van der Waals surface area contributed by atoms with Gasteiger partial charge in [0.1, 0.15) is 12.1 Å². The Morgan fingerprint density at radius 2 is 1.81 bits per heavy atom. The van der Waals surface area contributed by atoms with Crippen LogP contribution in [0.5, 0.6) is 11.5 Å². The molecule has 32 heavy (non-hydrogen) atoms. The highest BCUT2D eigenvalue weighted by Gasteiger charge is 2.52. The molecular weight excluding hydrogens is 416 g/mol. The second-order valence-corrected chi connectivity index (χ2v) is 8.82. The largest absolute Gasteiger partial charge is 0.454 e. The van der Waals surface area contributed by atoms with Crippen molar-refractivity contribution in [1.29, 1.82) is 0 Å². The van der Waals surface area contributed by atoms with Gasteiger partial charge in [0.05, 0.1) is 0 Å². The predicted octanol–water partition coefficient (Wildman–Crippen LogP) is 1.46. The molecule has 0 bridgehead atoms. The quantitative estimate of drug-likeness (QED) is 0.682. The summed E-state index contributed by atoms with van der Waals surface area (Å²) >= 11 is 0. The molecule has 1 aromatic rings. The molecular formula is C22H26N4O6. The van der Waals surface area contributed by atoms with E-state index < -0.39 is 11.6 Å². The summed E-state index contributed by atoms with van der Waals surface area (Å²) in [7, 11) is 0. The Kier molecular flexibility index (Phi) is 5.15. The van der Waals surface area contributed by atoms with E-state index in [1.807, 2.05) is 0 Å². The third-order valence-corrected chi connectivity index (χ3v) is 6.85. The van der Waals surface area contributed by atoms with Crippen LogP contribution in [0.1, 0.15) is 38.5 Å². The molecule has 5 rings (SSSR count). The highest BCUT2D eigenvalue weighted by Crippen LogP contribution is 2.36. The fourth-order valence-electron chi connectivity index (χ4n) is 4.98. The van der Waals surface area contributed by atoms with Crippen LogP contribution in [0.3, 0.4) is 0 Å². The molecule has 0 radical (unpaired) electrons. The number of imide groups is 1. The van der Waals surface area contributed by atoms with Gasteiger partial charge in [-0.2, -0.15) is 0 Å². The van der Waals surface area contributed by atoms with Gasteiger partial charge in [-0.05, 0) is 37.8 Å². The fourth-order valence-corrected chi connectivity index (χ4v) is 4.98. The first-order valence-electron chi connectivity index (χ1n) is 11.1. The SMILES string of the molecule is O=C(Nc1ccc2c(c1)OCO2)C1CCN(C(=O)CN2C(=O)NC3(CCCC3)C2=O)CC1. The average Bonchev–Trinajstić information content (AvgIpc) is 3.51. The number of rotatable bonds is 4. The molecule has 10 nitrogen and oxygen atoms in total. The summed E-state index contributed by atoms with van der Waals surface area (Å²) in [5, 5.41) is 5.69. The van der Waals surface area contributed by atoms with Crippen molar-refractivity contribution < 1.29 is 28.7 Å². The topological polar surface area (TPSA) is 117 Å². The molecule has 0 atom stereocenters. The Bertz CT molecular complexity index is 965. The van der Waals surface area contributed by atoms with E-state index in [0.717, 1.165) is 17.7 Å². The molecule has 5 amide bonds. The molecule has 2 N–H and O–H groups in total. The van der Waals surface area contributed by atoms with E-state index in [1.54, 1.807) is 23.1 Å². The van der Waals surface area contributed by atoms with Crippen LogP contribution in [0.2, 0.25) is 0 Å². The number of nitrogens with one attached hydrogen (secondary N) is 2. The monoisotopic (exact) mass is 442 g/mol. The number of carbonyl (C=O) groups is 4. The van der Waals surface area contributed by atoms with E-state index >= 15 is 0 Å². The molecule has 4 aliphatic rings. The Balaban J connectivity index is 1.13. The molecule has 1 aliphatic carbocycles. The number of hydrogen-bond acceptors (Lipinski definition) is 6. The van der Waals surface area contributed by atoms with Crippen LogP contribution >= 0.6 is 0 Å². The number of benzene rings is 1. The Morgan fingerprint density at radius 3 is 2.56 bits per heavy atom. The minimum atomic E-state index is -0.808. The van der Waals surface area contributed by atoms with Crippen molar-refractivity contribution in [2.45, 2.75) is 44.1 Å². The van der Waals surface area contributed by atoms with Crippen LogP contribution in [-0.4, -0.2) is 65.5 Å². The number of likely N-dealkylation sites (tertiary alicyclic amines) is 1. The van der Waals surface area contributed by atoms with E-state index in [4.69, 9.17) is 9.47 Å². The van der Waals surface area contributed by atoms with Gasteiger partial charge in [-0.1, -0.05) is 12.8 Å². The van der Waals surface area contributed by atoms with E-state index in [0.29, 0.717) is 56.0 Å². The first-order valence-corrected chi connectivity index (χ1v) is 11.1. The minimum absolute atomic E-state index is 0.103. The van der Waals surface area contributed by atoms with Crippen molar-refractivity contribution in [1.82, 2.24) is 15.1 Å². The lowest BCUT2D eigenvalue weighted by Crippen LogP contribution is -2.48. The van der Waals surface area contributed by atoms with Crippen LogP contribution in [-0.2, 0) is 14.4 Å². The van der Waals surface area contributed by atoms with E-state index in [9.17, 15) is 19.2 Å². The summed E-state index contributed by atoms with van der Waals surface area (Å²) < 4.78 is 10.6. The second kappa shape index (κ2) is 7.99. The molecule has 0 unspecified atom stereocenters.